The number of thioether (sulfide) groups is 1. The van der Waals surface area contributed by atoms with Crippen molar-refractivity contribution in [3.63, 3.8) is 0 Å². The Morgan fingerprint density at radius 3 is 2.70 bits per heavy atom. The van der Waals surface area contributed by atoms with Gasteiger partial charge in [-0.15, -0.1) is 0 Å². The summed E-state index contributed by atoms with van der Waals surface area (Å²) >= 11 is 1.58. The Bertz CT molecular complexity index is 537. The fourth-order valence-electron chi connectivity index (χ4n) is 3.01. The highest BCUT2D eigenvalue weighted by atomic mass is 32.2. The van der Waals surface area contributed by atoms with Gasteiger partial charge in [-0.2, -0.15) is 11.8 Å². The number of ether oxygens (including phenoxy) is 2. The van der Waals surface area contributed by atoms with E-state index in [1.165, 1.54) is 7.11 Å². The van der Waals surface area contributed by atoms with Gasteiger partial charge in [-0.25, -0.2) is 9.59 Å². The maximum Gasteiger partial charge on any atom is 0.408 e. The number of alkyl carbamates (subject to hydrolysis) is 1. The number of carbonyl (C=O) groups excluding carboxylic acids is 2. The van der Waals surface area contributed by atoms with E-state index in [1.807, 2.05) is 36.6 Å². The number of hydrogen-bond donors (Lipinski definition) is 1. The summed E-state index contributed by atoms with van der Waals surface area (Å²) in [5.41, 5.74) is -0.0972. The molecule has 6 heteroatoms. The fraction of sp³-hybridized carbons (Fsp3) is 0.529. The Labute approximate surface area is 141 Å². The van der Waals surface area contributed by atoms with Crippen LogP contribution < -0.4 is 5.32 Å². The van der Waals surface area contributed by atoms with E-state index in [9.17, 15) is 9.59 Å². The van der Waals surface area contributed by atoms with Crippen molar-refractivity contribution in [1.82, 2.24) is 5.32 Å². The van der Waals surface area contributed by atoms with Gasteiger partial charge in [0.15, 0.2) is 5.54 Å². The number of nitrogens with one attached hydrogen (secondary N) is 1. The highest BCUT2D eigenvalue weighted by Crippen LogP contribution is 2.36. The van der Waals surface area contributed by atoms with Gasteiger partial charge in [-0.1, -0.05) is 43.2 Å². The quantitative estimate of drug-likeness (QED) is 0.836. The van der Waals surface area contributed by atoms with Crippen molar-refractivity contribution in [2.45, 2.75) is 43.1 Å². The van der Waals surface area contributed by atoms with Crippen LogP contribution in [0.25, 0.3) is 0 Å². The van der Waals surface area contributed by atoms with Crippen LogP contribution >= 0.6 is 11.8 Å². The number of esters is 1. The number of rotatable bonds is 5. The maximum atomic E-state index is 12.4. The summed E-state index contributed by atoms with van der Waals surface area (Å²) in [5, 5.41) is 2.79. The minimum absolute atomic E-state index is 0.00650. The maximum absolute atomic E-state index is 12.4. The molecule has 1 amide bonds. The first-order chi connectivity index (χ1) is 11.1. The van der Waals surface area contributed by atoms with E-state index in [2.05, 4.69) is 5.32 Å². The molecule has 0 radical (unpaired) electrons. The van der Waals surface area contributed by atoms with Crippen molar-refractivity contribution < 1.29 is 19.1 Å². The highest BCUT2D eigenvalue weighted by Gasteiger charge is 2.49. The molecule has 0 aromatic heterocycles. The standard InChI is InChI=1S/C17H23NO4S/c1-21-15(19)17(11-7-6-10-14(17)23-2)18-16(20)22-12-13-8-4-3-5-9-13/h3-5,8-9,14H,6-7,10-12H2,1-2H3,(H,18,20)/t14-,17+/m1/s1. The Balaban J connectivity index is 2.05. The first kappa shape index (κ1) is 17.7. The van der Waals surface area contributed by atoms with Gasteiger partial charge in [0.05, 0.1) is 7.11 Å². The van der Waals surface area contributed by atoms with Gasteiger partial charge in [0.2, 0.25) is 0 Å². The molecular formula is C17H23NO4S. The van der Waals surface area contributed by atoms with Crippen LogP contribution in [0.2, 0.25) is 0 Å². The van der Waals surface area contributed by atoms with Crippen LogP contribution in [-0.2, 0) is 20.9 Å². The molecular weight excluding hydrogens is 314 g/mol. The Morgan fingerprint density at radius 1 is 1.30 bits per heavy atom. The summed E-state index contributed by atoms with van der Waals surface area (Å²) in [7, 11) is 1.35. The molecule has 1 aliphatic carbocycles. The molecule has 23 heavy (non-hydrogen) atoms. The molecule has 1 aromatic rings. The molecule has 0 saturated heterocycles. The van der Waals surface area contributed by atoms with Gasteiger partial charge in [0.1, 0.15) is 6.61 Å². The minimum atomic E-state index is -1.000. The Kier molecular flexibility index (Phi) is 6.33. The van der Waals surface area contributed by atoms with Gasteiger partial charge < -0.3 is 14.8 Å². The zero-order valence-corrected chi connectivity index (χ0v) is 14.4. The van der Waals surface area contributed by atoms with Crippen molar-refractivity contribution in [3.05, 3.63) is 35.9 Å². The van der Waals surface area contributed by atoms with Gasteiger partial charge in [0.25, 0.3) is 0 Å². The van der Waals surface area contributed by atoms with Crippen LogP contribution in [0.3, 0.4) is 0 Å². The molecule has 1 aliphatic rings. The second kappa shape index (κ2) is 8.24. The first-order valence-electron chi connectivity index (χ1n) is 7.72. The molecule has 0 aliphatic heterocycles. The normalized spacial score (nSPS) is 23.8. The van der Waals surface area contributed by atoms with Crippen LogP contribution in [0.1, 0.15) is 31.2 Å². The fourth-order valence-corrected chi connectivity index (χ4v) is 4.09. The lowest BCUT2D eigenvalue weighted by Crippen LogP contribution is -2.62. The number of carbonyl (C=O) groups is 2. The summed E-state index contributed by atoms with van der Waals surface area (Å²) in [6.45, 7) is 0.174. The summed E-state index contributed by atoms with van der Waals surface area (Å²) in [6.07, 6.45) is 4.74. The molecule has 2 rings (SSSR count). The molecule has 0 heterocycles. The molecule has 1 fully saturated rings. The number of amides is 1. The first-order valence-corrected chi connectivity index (χ1v) is 9.01. The average molecular weight is 337 g/mol. The lowest BCUT2D eigenvalue weighted by atomic mass is 9.81. The second-order valence-electron chi connectivity index (χ2n) is 5.62. The van der Waals surface area contributed by atoms with E-state index in [4.69, 9.17) is 9.47 Å². The average Bonchev–Trinajstić information content (AvgIpc) is 2.60. The van der Waals surface area contributed by atoms with Crippen LogP contribution in [0.5, 0.6) is 0 Å². The third kappa shape index (κ3) is 4.19. The van der Waals surface area contributed by atoms with Crippen molar-refractivity contribution in [2.75, 3.05) is 13.4 Å². The largest absolute Gasteiger partial charge is 0.467 e. The molecule has 0 unspecified atom stereocenters. The van der Waals surface area contributed by atoms with Crippen molar-refractivity contribution in [1.29, 1.82) is 0 Å². The monoisotopic (exact) mass is 337 g/mol. The van der Waals surface area contributed by atoms with Gasteiger partial charge >= 0.3 is 12.1 Å². The molecule has 1 saturated carbocycles. The Morgan fingerprint density at radius 2 is 2.04 bits per heavy atom. The van der Waals surface area contributed by atoms with Crippen LogP contribution in [-0.4, -0.2) is 36.2 Å². The number of hydrogen-bond acceptors (Lipinski definition) is 5. The number of methoxy groups -OCH3 is 1. The molecule has 0 bridgehead atoms. The predicted molar refractivity (Wildman–Crippen MR) is 90.3 cm³/mol. The van der Waals surface area contributed by atoms with E-state index in [1.54, 1.807) is 11.8 Å². The van der Waals surface area contributed by atoms with E-state index >= 15 is 0 Å². The SMILES string of the molecule is COC(=O)[C@]1(NC(=O)OCc2ccccc2)CCCC[C@H]1SC. The third-order valence-corrected chi connectivity index (χ3v) is 5.42. The van der Waals surface area contributed by atoms with E-state index in [-0.39, 0.29) is 11.9 Å². The van der Waals surface area contributed by atoms with Gasteiger partial charge in [0, 0.05) is 5.25 Å². The highest BCUT2D eigenvalue weighted by molar-refractivity contribution is 7.99. The second-order valence-corrected chi connectivity index (χ2v) is 6.66. The van der Waals surface area contributed by atoms with Crippen molar-refractivity contribution >= 4 is 23.8 Å². The molecule has 5 nitrogen and oxygen atoms in total. The molecule has 1 N–H and O–H groups in total. The van der Waals surface area contributed by atoms with E-state index < -0.39 is 17.6 Å². The smallest absolute Gasteiger partial charge is 0.408 e. The molecule has 1 aromatic carbocycles. The summed E-state index contributed by atoms with van der Waals surface area (Å²) in [5.74, 6) is -0.395. The number of benzene rings is 1. The summed E-state index contributed by atoms with van der Waals surface area (Å²) < 4.78 is 10.2. The topological polar surface area (TPSA) is 64.6 Å². The van der Waals surface area contributed by atoms with Gasteiger partial charge in [-0.05, 0) is 24.7 Å². The van der Waals surface area contributed by atoms with Crippen LogP contribution in [0.15, 0.2) is 30.3 Å². The predicted octanol–water partition coefficient (Wildman–Crippen LogP) is 3.13. The molecule has 2 atom stereocenters. The van der Waals surface area contributed by atoms with Crippen molar-refractivity contribution in [3.8, 4) is 0 Å². The molecule has 126 valence electrons. The lowest BCUT2D eigenvalue weighted by molar-refractivity contribution is -0.149. The minimum Gasteiger partial charge on any atom is -0.467 e. The van der Waals surface area contributed by atoms with E-state index in [0.717, 1.165) is 24.8 Å². The molecule has 0 spiro atoms. The summed E-state index contributed by atoms with van der Waals surface area (Å²) in [6, 6.07) is 9.44. The van der Waals surface area contributed by atoms with Crippen LogP contribution in [0, 0.1) is 0 Å². The van der Waals surface area contributed by atoms with Gasteiger partial charge in [-0.3, -0.25) is 0 Å². The zero-order valence-electron chi connectivity index (χ0n) is 13.5. The zero-order chi connectivity index (χ0) is 16.7. The summed E-state index contributed by atoms with van der Waals surface area (Å²) in [4.78, 5) is 24.6. The van der Waals surface area contributed by atoms with Crippen LogP contribution in [0.4, 0.5) is 4.79 Å². The Hall–Kier alpha value is -1.69. The third-order valence-electron chi connectivity index (χ3n) is 4.21. The van der Waals surface area contributed by atoms with Crippen molar-refractivity contribution in [2.24, 2.45) is 0 Å². The van der Waals surface area contributed by atoms with E-state index in [0.29, 0.717) is 6.42 Å². The lowest BCUT2D eigenvalue weighted by Gasteiger charge is -2.40.